The monoisotopic (exact) mass is 266 g/mol. The summed E-state index contributed by atoms with van der Waals surface area (Å²) >= 11 is 2.97. The first-order valence-corrected chi connectivity index (χ1v) is 6.48. The molecule has 4 nitrogen and oxygen atoms in total. The second kappa shape index (κ2) is 4.77. The number of carboxylic acids is 1. The van der Waals surface area contributed by atoms with Crippen molar-refractivity contribution in [2.75, 3.05) is 5.73 Å². The van der Waals surface area contributed by atoms with Crippen LogP contribution in [0.3, 0.4) is 0 Å². The van der Waals surface area contributed by atoms with E-state index in [0.717, 1.165) is 14.9 Å². The normalized spacial score (nSPS) is 10.4. The lowest BCUT2D eigenvalue weighted by Crippen LogP contribution is -2.01. The van der Waals surface area contributed by atoms with Gasteiger partial charge in [-0.2, -0.15) is 0 Å². The number of carbonyl (C=O) groups is 1. The molecular weight excluding hydrogens is 256 g/mol. The fourth-order valence-corrected chi connectivity index (χ4v) is 3.11. The van der Waals surface area contributed by atoms with Crippen molar-refractivity contribution in [2.24, 2.45) is 0 Å². The molecule has 3 N–H and O–H groups in total. The highest BCUT2D eigenvalue weighted by atomic mass is 32.2. The second-order valence-corrected chi connectivity index (χ2v) is 5.59. The molecule has 1 aromatic carbocycles. The van der Waals surface area contributed by atoms with Gasteiger partial charge in [-0.1, -0.05) is 11.8 Å². The number of nitrogens with two attached hydrogens (primary N) is 1. The average Bonchev–Trinajstić information content (AvgIpc) is 2.66. The van der Waals surface area contributed by atoms with Gasteiger partial charge >= 0.3 is 5.97 Å². The fraction of sp³-hybridized carbons (Fsp3) is 0.0909. The van der Waals surface area contributed by atoms with Gasteiger partial charge in [0.15, 0.2) is 4.34 Å². The zero-order valence-corrected chi connectivity index (χ0v) is 10.6. The van der Waals surface area contributed by atoms with Crippen LogP contribution < -0.4 is 5.73 Å². The molecule has 0 aliphatic rings. The SMILES string of the molecule is Cc1csc(Sc2ccc(N)c(C(=O)O)c2)n1. The molecule has 17 heavy (non-hydrogen) atoms. The standard InChI is InChI=1S/C11H10N2O2S2/c1-6-5-16-11(13-6)17-7-2-3-9(12)8(4-7)10(14)15/h2-5H,12H2,1H3,(H,14,15). The highest BCUT2D eigenvalue weighted by Crippen LogP contribution is 2.31. The molecule has 0 radical (unpaired) electrons. The average molecular weight is 266 g/mol. The summed E-state index contributed by atoms with van der Waals surface area (Å²) in [6.45, 7) is 1.92. The van der Waals surface area contributed by atoms with E-state index < -0.39 is 5.97 Å². The summed E-state index contributed by atoms with van der Waals surface area (Å²) in [4.78, 5) is 16.1. The van der Waals surface area contributed by atoms with Crippen LogP contribution >= 0.6 is 23.1 Å². The zero-order chi connectivity index (χ0) is 12.4. The van der Waals surface area contributed by atoms with Crippen LogP contribution in [0, 0.1) is 6.92 Å². The predicted octanol–water partition coefficient (Wildman–Crippen LogP) is 2.88. The largest absolute Gasteiger partial charge is 0.478 e. The molecule has 0 unspecified atom stereocenters. The summed E-state index contributed by atoms with van der Waals surface area (Å²) in [6, 6.07) is 4.97. The van der Waals surface area contributed by atoms with Crippen LogP contribution in [-0.2, 0) is 0 Å². The number of thiazole rings is 1. The molecule has 0 aliphatic heterocycles. The third kappa shape index (κ3) is 2.78. The molecule has 2 aromatic rings. The Hall–Kier alpha value is -1.53. The molecule has 0 atom stereocenters. The molecule has 2 rings (SSSR count). The van der Waals surface area contributed by atoms with Crippen molar-refractivity contribution in [1.29, 1.82) is 0 Å². The highest BCUT2D eigenvalue weighted by molar-refractivity contribution is 8.01. The number of anilines is 1. The Morgan fingerprint density at radius 3 is 2.88 bits per heavy atom. The number of carboxylic acid groups (broad SMARTS) is 1. The maximum Gasteiger partial charge on any atom is 0.337 e. The van der Waals surface area contributed by atoms with Gasteiger partial charge in [0.1, 0.15) is 0 Å². The number of aromatic nitrogens is 1. The van der Waals surface area contributed by atoms with Gasteiger partial charge in [-0.3, -0.25) is 0 Å². The topological polar surface area (TPSA) is 76.2 Å². The number of nitrogens with zero attached hydrogens (tertiary/aromatic N) is 1. The molecule has 1 heterocycles. The van der Waals surface area contributed by atoms with Crippen molar-refractivity contribution in [1.82, 2.24) is 4.98 Å². The van der Waals surface area contributed by atoms with Crippen molar-refractivity contribution < 1.29 is 9.90 Å². The van der Waals surface area contributed by atoms with Crippen LogP contribution in [0.15, 0.2) is 32.8 Å². The number of hydrogen-bond donors (Lipinski definition) is 2. The van der Waals surface area contributed by atoms with Crippen LogP contribution in [0.25, 0.3) is 0 Å². The Kier molecular flexibility index (Phi) is 3.35. The molecular formula is C11H10N2O2S2. The lowest BCUT2D eigenvalue weighted by atomic mass is 10.2. The molecule has 6 heteroatoms. The van der Waals surface area contributed by atoms with Crippen molar-refractivity contribution in [3.8, 4) is 0 Å². The first-order valence-electron chi connectivity index (χ1n) is 4.79. The maximum absolute atomic E-state index is 10.9. The number of benzene rings is 1. The van der Waals surface area contributed by atoms with Gasteiger partial charge in [0.2, 0.25) is 0 Å². The van der Waals surface area contributed by atoms with E-state index in [1.807, 2.05) is 12.3 Å². The van der Waals surface area contributed by atoms with E-state index in [2.05, 4.69) is 4.98 Å². The zero-order valence-electron chi connectivity index (χ0n) is 9.01. The summed E-state index contributed by atoms with van der Waals surface area (Å²) in [6.07, 6.45) is 0. The minimum atomic E-state index is -1.01. The van der Waals surface area contributed by atoms with Crippen LogP contribution in [0.4, 0.5) is 5.69 Å². The Morgan fingerprint density at radius 1 is 1.53 bits per heavy atom. The van der Waals surface area contributed by atoms with Gasteiger partial charge in [-0.05, 0) is 25.1 Å². The van der Waals surface area contributed by atoms with E-state index in [1.54, 1.807) is 18.2 Å². The molecule has 0 amide bonds. The summed E-state index contributed by atoms with van der Waals surface area (Å²) in [5.41, 5.74) is 6.95. The predicted molar refractivity (Wildman–Crippen MR) is 68.8 cm³/mol. The smallest absolute Gasteiger partial charge is 0.337 e. The minimum absolute atomic E-state index is 0.128. The molecule has 1 aromatic heterocycles. The Balaban J connectivity index is 2.28. The van der Waals surface area contributed by atoms with Crippen LogP contribution in [-0.4, -0.2) is 16.1 Å². The van der Waals surface area contributed by atoms with Crippen molar-refractivity contribution in [2.45, 2.75) is 16.2 Å². The third-order valence-electron chi connectivity index (χ3n) is 2.06. The van der Waals surface area contributed by atoms with E-state index in [0.29, 0.717) is 0 Å². The lowest BCUT2D eigenvalue weighted by molar-refractivity contribution is 0.0698. The van der Waals surface area contributed by atoms with Crippen molar-refractivity contribution >= 4 is 34.8 Å². The lowest BCUT2D eigenvalue weighted by Gasteiger charge is -2.03. The molecule has 0 fully saturated rings. The van der Waals surface area contributed by atoms with E-state index in [9.17, 15) is 4.79 Å². The van der Waals surface area contributed by atoms with E-state index in [-0.39, 0.29) is 11.3 Å². The molecule has 0 spiro atoms. The summed E-state index contributed by atoms with van der Waals surface area (Å²) in [5, 5.41) is 10.9. The number of hydrogen-bond acceptors (Lipinski definition) is 5. The molecule has 0 saturated carbocycles. The van der Waals surface area contributed by atoms with Crippen LogP contribution in [0.2, 0.25) is 0 Å². The van der Waals surface area contributed by atoms with Gasteiger partial charge in [0, 0.05) is 21.7 Å². The highest BCUT2D eigenvalue weighted by Gasteiger charge is 2.10. The summed E-state index contributed by atoms with van der Waals surface area (Å²) < 4.78 is 0.892. The van der Waals surface area contributed by atoms with Gasteiger partial charge in [-0.25, -0.2) is 9.78 Å². The fourth-order valence-electron chi connectivity index (χ4n) is 1.26. The maximum atomic E-state index is 10.9. The summed E-state index contributed by atoms with van der Waals surface area (Å²) in [7, 11) is 0. The first-order chi connectivity index (χ1) is 8.06. The molecule has 88 valence electrons. The van der Waals surface area contributed by atoms with Crippen LogP contribution in [0.1, 0.15) is 16.1 Å². The van der Waals surface area contributed by atoms with Crippen molar-refractivity contribution in [3.63, 3.8) is 0 Å². The first kappa shape index (κ1) is 11.9. The molecule has 0 saturated heterocycles. The minimum Gasteiger partial charge on any atom is -0.478 e. The van der Waals surface area contributed by atoms with Gasteiger partial charge < -0.3 is 10.8 Å². The number of aryl methyl sites for hydroxylation is 1. The Labute approximate surface area is 106 Å². The Morgan fingerprint density at radius 2 is 2.29 bits per heavy atom. The number of rotatable bonds is 3. The number of nitrogen functional groups attached to an aromatic ring is 1. The Bertz CT molecular complexity index is 566. The van der Waals surface area contributed by atoms with E-state index >= 15 is 0 Å². The van der Waals surface area contributed by atoms with Crippen LogP contribution in [0.5, 0.6) is 0 Å². The molecule has 0 bridgehead atoms. The van der Waals surface area contributed by atoms with Gasteiger partial charge in [-0.15, -0.1) is 11.3 Å². The van der Waals surface area contributed by atoms with Gasteiger partial charge in [0.25, 0.3) is 0 Å². The van der Waals surface area contributed by atoms with Gasteiger partial charge in [0.05, 0.1) is 5.56 Å². The second-order valence-electron chi connectivity index (χ2n) is 3.41. The van der Waals surface area contributed by atoms with Crippen molar-refractivity contribution in [3.05, 3.63) is 34.8 Å². The van der Waals surface area contributed by atoms with E-state index in [4.69, 9.17) is 10.8 Å². The third-order valence-corrected chi connectivity index (χ3v) is 4.10. The number of aromatic carboxylic acids is 1. The summed E-state index contributed by atoms with van der Waals surface area (Å²) in [5.74, 6) is -1.01. The molecule has 0 aliphatic carbocycles. The quantitative estimate of drug-likeness (QED) is 0.835. The van der Waals surface area contributed by atoms with E-state index in [1.165, 1.54) is 23.1 Å².